The first-order valence-electron chi connectivity index (χ1n) is 7.54. The number of nitrogens with two attached hydrogens (primary N) is 1. The second-order valence-corrected chi connectivity index (χ2v) is 6.33. The van der Waals surface area contributed by atoms with Gasteiger partial charge in [-0.05, 0) is 37.6 Å². The molecule has 1 rings (SSSR count). The number of ether oxygens (including phenoxy) is 1. The van der Waals surface area contributed by atoms with Crippen molar-refractivity contribution in [2.75, 3.05) is 33.3 Å². The highest BCUT2D eigenvalue weighted by Gasteiger charge is 2.31. The van der Waals surface area contributed by atoms with E-state index in [0.29, 0.717) is 6.10 Å². The lowest BCUT2D eigenvalue weighted by Crippen LogP contribution is -2.36. The molecule has 0 amide bonds. The van der Waals surface area contributed by atoms with Crippen LogP contribution in [0, 0.1) is 17.8 Å². The zero-order valence-corrected chi connectivity index (χ0v) is 12.7. The van der Waals surface area contributed by atoms with E-state index in [0.717, 1.165) is 44.0 Å². The smallest absolute Gasteiger partial charge is 0.0608 e. The summed E-state index contributed by atoms with van der Waals surface area (Å²) in [6.07, 6.45) is 4.42. The van der Waals surface area contributed by atoms with Crippen LogP contribution < -0.4 is 5.73 Å². The van der Waals surface area contributed by atoms with E-state index in [1.165, 1.54) is 19.3 Å². The second-order valence-electron chi connectivity index (χ2n) is 6.33. The molecule has 0 saturated heterocycles. The Labute approximate surface area is 113 Å². The largest absolute Gasteiger partial charge is 0.377 e. The SMILES string of the molecule is CC(C)[C@@H]1CC[C@@H](C)C[C@H]1OCCN(C)CCN. The normalized spacial score (nSPS) is 29.2. The van der Waals surface area contributed by atoms with E-state index in [-0.39, 0.29) is 0 Å². The van der Waals surface area contributed by atoms with Gasteiger partial charge in [-0.15, -0.1) is 0 Å². The Morgan fingerprint density at radius 1 is 1.28 bits per heavy atom. The zero-order chi connectivity index (χ0) is 13.5. The van der Waals surface area contributed by atoms with Crippen LogP contribution in [0.15, 0.2) is 0 Å². The quantitative estimate of drug-likeness (QED) is 0.760. The summed E-state index contributed by atoms with van der Waals surface area (Å²) in [6, 6.07) is 0. The fraction of sp³-hybridized carbons (Fsp3) is 1.00. The molecule has 0 aromatic heterocycles. The average molecular weight is 256 g/mol. The van der Waals surface area contributed by atoms with E-state index < -0.39 is 0 Å². The molecule has 0 heterocycles. The Morgan fingerprint density at radius 2 is 2.00 bits per heavy atom. The van der Waals surface area contributed by atoms with E-state index in [1.807, 2.05) is 0 Å². The Balaban J connectivity index is 2.32. The van der Waals surface area contributed by atoms with Crippen LogP contribution in [0.25, 0.3) is 0 Å². The van der Waals surface area contributed by atoms with E-state index in [2.05, 4.69) is 32.7 Å². The van der Waals surface area contributed by atoms with Crippen molar-refractivity contribution in [2.45, 2.75) is 46.1 Å². The third kappa shape index (κ3) is 5.25. The van der Waals surface area contributed by atoms with Gasteiger partial charge in [0.25, 0.3) is 0 Å². The summed E-state index contributed by atoms with van der Waals surface area (Å²) in [6.45, 7) is 10.5. The van der Waals surface area contributed by atoms with Gasteiger partial charge in [0.05, 0.1) is 12.7 Å². The summed E-state index contributed by atoms with van der Waals surface area (Å²) in [5.41, 5.74) is 5.54. The first-order valence-corrected chi connectivity index (χ1v) is 7.54. The van der Waals surface area contributed by atoms with Crippen LogP contribution in [-0.4, -0.2) is 44.3 Å². The predicted octanol–water partition coefficient (Wildman–Crippen LogP) is 2.35. The summed E-state index contributed by atoms with van der Waals surface area (Å²) >= 11 is 0. The lowest BCUT2D eigenvalue weighted by atomic mass is 9.75. The first-order chi connectivity index (χ1) is 8.54. The van der Waals surface area contributed by atoms with Crippen LogP contribution in [0.4, 0.5) is 0 Å². The molecule has 0 aromatic carbocycles. The first kappa shape index (κ1) is 15.9. The lowest BCUT2D eigenvalue weighted by Gasteiger charge is -2.37. The van der Waals surface area contributed by atoms with Crippen LogP contribution in [0.3, 0.4) is 0 Å². The van der Waals surface area contributed by atoms with Crippen molar-refractivity contribution >= 4 is 0 Å². The summed E-state index contributed by atoms with van der Waals surface area (Å²) in [7, 11) is 2.11. The van der Waals surface area contributed by atoms with Gasteiger partial charge in [-0.3, -0.25) is 0 Å². The van der Waals surface area contributed by atoms with Gasteiger partial charge in [-0.2, -0.15) is 0 Å². The molecule has 0 radical (unpaired) electrons. The molecule has 0 bridgehead atoms. The van der Waals surface area contributed by atoms with Gasteiger partial charge >= 0.3 is 0 Å². The molecule has 0 aromatic rings. The molecule has 108 valence electrons. The van der Waals surface area contributed by atoms with Crippen molar-refractivity contribution in [1.29, 1.82) is 0 Å². The van der Waals surface area contributed by atoms with Gasteiger partial charge in [0.1, 0.15) is 0 Å². The fourth-order valence-corrected chi connectivity index (χ4v) is 3.00. The number of nitrogens with zero attached hydrogens (tertiary/aromatic N) is 1. The van der Waals surface area contributed by atoms with Crippen molar-refractivity contribution in [3.8, 4) is 0 Å². The number of hydrogen-bond donors (Lipinski definition) is 1. The van der Waals surface area contributed by atoms with Crippen molar-refractivity contribution in [1.82, 2.24) is 4.90 Å². The van der Waals surface area contributed by atoms with E-state index >= 15 is 0 Å². The fourth-order valence-electron chi connectivity index (χ4n) is 3.00. The highest BCUT2D eigenvalue weighted by molar-refractivity contribution is 4.81. The Hall–Kier alpha value is -0.120. The minimum Gasteiger partial charge on any atom is -0.377 e. The summed E-state index contributed by atoms with van der Waals surface area (Å²) < 4.78 is 6.16. The van der Waals surface area contributed by atoms with Crippen molar-refractivity contribution in [3.05, 3.63) is 0 Å². The number of likely N-dealkylation sites (N-methyl/N-ethyl adjacent to an activating group) is 1. The van der Waals surface area contributed by atoms with E-state index in [9.17, 15) is 0 Å². The Bertz CT molecular complexity index is 221. The third-order valence-electron chi connectivity index (χ3n) is 4.28. The maximum absolute atomic E-state index is 6.16. The van der Waals surface area contributed by atoms with Crippen LogP contribution in [-0.2, 0) is 4.74 Å². The molecular formula is C15H32N2O. The maximum Gasteiger partial charge on any atom is 0.0608 e. The molecule has 1 aliphatic rings. The molecule has 3 atom stereocenters. The van der Waals surface area contributed by atoms with Gasteiger partial charge < -0.3 is 15.4 Å². The molecule has 1 saturated carbocycles. The highest BCUT2D eigenvalue weighted by Crippen LogP contribution is 2.35. The van der Waals surface area contributed by atoms with Crippen molar-refractivity contribution < 1.29 is 4.74 Å². The van der Waals surface area contributed by atoms with Gasteiger partial charge in [0.15, 0.2) is 0 Å². The Kier molecular flexibility index (Phi) is 7.20. The molecule has 18 heavy (non-hydrogen) atoms. The highest BCUT2D eigenvalue weighted by atomic mass is 16.5. The van der Waals surface area contributed by atoms with Crippen molar-refractivity contribution in [2.24, 2.45) is 23.5 Å². The molecule has 2 N–H and O–H groups in total. The molecule has 3 nitrogen and oxygen atoms in total. The average Bonchev–Trinajstić information content (AvgIpc) is 2.29. The molecule has 0 spiro atoms. The Morgan fingerprint density at radius 3 is 2.61 bits per heavy atom. The van der Waals surface area contributed by atoms with Crippen LogP contribution in [0.1, 0.15) is 40.0 Å². The minimum absolute atomic E-state index is 0.472. The predicted molar refractivity (Wildman–Crippen MR) is 77.6 cm³/mol. The molecule has 1 fully saturated rings. The maximum atomic E-state index is 6.16. The third-order valence-corrected chi connectivity index (χ3v) is 4.28. The molecular weight excluding hydrogens is 224 g/mol. The molecule has 1 aliphatic carbocycles. The zero-order valence-electron chi connectivity index (χ0n) is 12.7. The minimum atomic E-state index is 0.472. The lowest BCUT2D eigenvalue weighted by molar-refractivity contribution is -0.0427. The second kappa shape index (κ2) is 8.13. The van der Waals surface area contributed by atoms with Gasteiger partial charge in [0, 0.05) is 19.6 Å². The number of rotatable bonds is 7. The molecule has 0 unspecified atom stereocenters. The molecule has 3 heteroatoms. The number of hydrogen-bond acceptors (Lipinski definition) is 3. The summed E-state index contributed by atoms with van der Waals surface area (Å²) in [4.78, 5) is 2.25. The standard InChI is InChI=1S/C15H32N2O/c1-12(2)14-6-5-13(3)11-15(14)18-10-9-17(4)8-7-16/h12-15H,5-11,16H2,1-4H3/t13-,14+,15-/m1/s1. The summed E-state index contributed by atoms with van der Waals surface area (Å²) in [5.74, 6) is 2.32. The van der Waals surface area contributed by atoms with Crippen LogP contribution in [0.5, 0.6) is 0 Å². The van der Waals surface area contributed by atoms with Gasteiger partial charge in [0.2, 0.25) is 0 Å². The monoisotopic (exact) mass is 256 g/mol. The molecule has 0 aliphatic heterocycles. The van der Waals surface area contributed by atoms with Crippen molar-refractivity contribution in [3.63, 3.8) is 0 Å². The summed E-state index contributed by atoms with van der Waals surface area (Å²) in [5, 5.41) is 0. The van der Waals surface area contributed by atoms with E-state index in [4.69, 9.17) is 10.5 Å². The van der Waals surface area contributed by atoms with Gasteiger partial charge in [-0.25, -0.2) is 0 Å². The topological polar surface area (TPSA) is 38.5 Å². The van der Waals surface area contributed by atoms with E-state index in [1.54, 1.807) is 0 Å². The van der Waals surface area contributed by atoms with Gasteiger partial charge in [-0.1, -0.05) is 27.2 Å². The van der Waals surface area contributed by atoms with Crippen LogP contribution >= 0.6 is 0 Å². The van der Waals surface area contributed by atoms with Crippen LogP contribution in [0.2, 0.25) is 0 Å².